The number of ether oxygens (including phenoxy) is 1. The topological polar surface area (TPSA) is 104 Å². The van der Waals surface area contributed by atoms with Gasteiger partial charge in [0.15, 0.2) is 11.6 Å². The van der Waals surface area contributed by atoms with Crippen molar-refractivity contribution in [1.29, 1.82) is 0 Å². The summed E-state index contributed by atoms with van der Waals surface area (Å²) in [5.74, 6) is -1.50. The third-order valence-corrected chi connectivity index (χ3v) is 5.51. The highest BCUT2D eigenvalue weighted by Gasteiger charge is 2.41. The number of hydrogen-bond donors (Lipinski definition) is 1. The Hall–Kier alpha value is -2.76. The van der Waals surface area contributed by atoms with Crippen LogP contribution in [0.25, 0.3) is 0 Å². The molecule has 0 radical (unpaired) electrons. The molecule has 2 aliphatic rings. The number of carbonyl (C=O) groups excluding carboxylic acids is 4. The fourth-order valence-corrected chi connectivity index (χ4v) is 4.00. The summed E-state index contributed by atoms with van der Waals surface area (Å²) in [6.45, 7) is 0. The highest BCUT2D eigenvalue weighted by molar-refractivity contribution is 6.08. The van der Waals surface area contributed by atoms with Crippen LogP contribution in [0.3, 0.4) is 0 Å². The van der Waals surface area contributed by atoms with Crippen molar-refractivity contribution >= 4 is 29.0 Å². The van der Waals surface area contributed by atoms with E-state index in [1.54, 1.807) is 24.3 Å². The van der Waals surface area contributed by atoms with Gasteiger partial charge in [0.05, 0.1) is 7.11 Å². The Labute approximate surface area is 157 Å². The second kappa shape index (κ2) is 7.86. The van der Waals surface area contributed by atoms with Crippen LogP contribution in [0.1, 0.15) is 48.0 Å². The fourth-order valence-electron chi connectivity index (χ4n) is 4.00. The molecule has 0 aromatic heterocycles. The zero-order valence-electron chi connectivity index (χ0n) is 15.3. The molecule has 1 fully saturated rings. The van der Waals surface area contributed by atoms with Crippen molar-refractivity contribution in [2.75, 3.05) is 12.8 Å². The molecule has 0 bridgehead atoms. The number of fused-ring (bicyclic) bond motifs is 1. The van der Waals surface area contributed by atoms with Gasteiger partial charge in [-0.05, 0) is 36.5 Å². The van der Waals surface area contributed by atoms with Gasteiger partial charge in [-0.2, -0.15) is 0 Å². The number of nitrogens with two attached hydrogens (primary N) is 1. The molecule has 6 heteroatoms. The molecule has 27 heavy (non-hydrogen) atoms. The van der Waals surface area contributed by atoms with E-state index in [1.807, 2.05) is 0 Å². The van der Waals surface area contributed by atoms with Gasteiger partial charge < -0.3 is 10.5 Å². The van der Waals surface area contributed by atoms with Crippen molar-refractivity contribution in [3.63, 3.8) is 0 Å². The number of benzene rings is 1. The SMILES string of the molecule is COC(=O)CC/C=C1/CC(=O)C(C2Cc3c(N)cccc3C2=O)CCC1=O. The van der Waals surface area contributed by atoms with Crippen molar-refractivity contribution in [1.82, 2.24) is 0 Å². The molecular weight excluding hydrogens is 346 g/mol. The molecule has 0 aliphatic heterocycles. The summed E-state index contributed by atoms with van der Waals surface area (Å²) in [6, 6.07) is 5.25. The Morgan fingerprint density at radius 3 is 2.74 bits per heavy atom. The lowest BCUT2D eigenvalue weighted by Gasteiger charge is -2.18. The van der Waals surface area contributed by atoms with Crippen LogP contribution >= 0.6 is 0 Å². The molecule has 1 aromatic rings. The Morgan fingerprint density at radius 1 is 1.26 bits per heavy atom. The van der Waals surface area contributed by atoms with Crippen molar-refractivity contribution in [2.45, 2.75) is 38.5 Å². The number of rotatable bonds is 4. The lowest BCUT2D eigenvalue weighted by molar-refractivity contribution is -0.140. The summed E-state index contributed by atoms with van der Waals surface area (Å²) >= 11 is 0. The Bertz CT molecular complexity index is 839. The minimum Gasteiger partial charge on any atom is -0.469 e. The van der Waals surface area contributed by atoms with Gasteiger partial charge in [0.25, 0.3) is 0 Å². The lowest BCUT2D eigenvalue weighted by atomic mass is 9.82. The van der Waals surface area contributed by atoms with Crippen molar-refractivity contribution < 1.29 is 23.9 Å². The number of anilines is 1. The predicted molar refractivity (Wildman–Crippen MR) is 99.1 cm³/mol. The lowest BCUT2D eigenvalue weighted by Crippen LogP contribution is -2.27. The molecule has 3 rings (SSSR count). The number of allylic oxidation sites excluding steroid dienone is 2. The Kier molecular flexibility index (Phi) is 5.54. The fraction of sp³-hybridized carbons (Fsp3) is 0.429. The summed E-state index contributed by atoms with van der Waals surface area (Å²) in [6.07, 6.45) is 3.25. The standard InChI is InChI=1S/C21H23NO5/c1-27-20(25)7-2-4-12-10-19(24)13(8-9-18(12)23)16-11-15-14(21(16)26)5-3-6-17(15)22/h3-6,13,16H,2,7-11,22H2,1H3/b12-4-. The first-order valence-corrected chi connectivity index (χ1v) is 9.15. The number of carbonyl (C=O) groups is 4. The van der Waals surface area contributed by atoms with Crippen molar-refractivity contribution in [2.24, 2.45) is 11.8 Å². The minimum absolute atomic E-state index is 0.0142. The molecular formula is C21H23NO5. The number of hydrogen-bond acceptors (Lipinski definition) is 6. The zero-order valence-corrected chi connectivity index (χ0v) is 15.3. The van der Waals surface area contributed by atoms with E-state index >= 15 is 0 Å². The number of ketones is 3. The van der Waals surface area contributed by atoms with Gasteiger partial charge in [0, 0.05) is 42.3 Å². The second-order valence-electron chi connectivity index (χ2n) is 7.10. The van der Waals surface area contributed by atoms with E-state index < -0.39 is 11.8 Å². The molecule has 2 aliphatic carbocycles. The maximum atomic E-state index is 12.8. The number of Topliss-reactive ketones (excluding diaryl/α,β-unsaturated/α-hetero) is 3. The molecule has 1 aromatic carbocycles. The largest absolute Gasteiger partial charge is 0.469 e. The molecule has 2 N–H and O–H groups in total. The van der Waals surface area contributed by atoms with E-state index in [4.69, 9.17) is 5.73 Å². The molecule has 142 valence electrons. The van der Waals surface area contributed by atoms with E-state index in [1.165, 1.54) is 7.11 Å². The average Bonchev–Trinajstić information content (AvgIpc) is 2.91. The maximum Gasteiger partial charge on any atom is 0.305 e. The number of esters is 1. The molecule has 0 spiro atoms. The van der Waals surface area contributed by atoms with Gasteiger partial charge in [0.1, 0.15) is 5.78 Å². The van der Waals surface area contributed by atoms with E-state index in [2.05, 4.69) is 4.74 Å². The van der Waals surface area contributed by atoms with Crippen LogP contribution < -0.4 is 5.73 Å². The quantitative estimate of drug-likeness (QED) is 0.378. The molecule has 0 heterocycles. The first kappa shape index (κ1) is 19.0. The Morgan fingerprint density at radius 2 is 2.04 bits per heavy atom. The predicted octanol–water partition coefficient (Wildman–Crippen LogP) is 2.44. The number of methoxy groups -OCH3 is 1. The Balaban J connectivity index is 1.74. The van der Waals surface area contributed by atoms with Crippen molar-refractivity contribution in [3.8, 4) is 0 Å². The van der Waals surface area contributed by atoms with Crippen LogP contribution in [0.2, 0.25) is 0 Å². The van der Waals surface area contributed by atoms with E-state index in [-0.39, 0.29) is 42.6 Å². The van der Waals surface area contributed by atoms with Crippen LogP contribution in [-0.2, 0) is 25.5 Å². The summed E-state index contributed by atoms with van der Waals surface area (Å²) in [5.41, 5.74) is 8.40. The van der Waals surface area contributed by atoms with Crippen LogP contribution in [-0.4, -0.2) is 30.4 Å². The highest BCUT2D eigenvalue weighted by Crippen LogP contribution is 2.38. The third-order valence-electron chi connectivity index (χ3n) is 5.51. The smallest absolute Gasteiger partial charge is 0.305 e. The molecule has 1 saturated carbocycles. The molecule has 0 saturated heterocycles. The van der Waals surface area contributed by atoms with Gasteiger partial charge in [-0.1, -0.05) is 18.2 Å². The average molecular weight is 369 g/mol. The summed E-state index contributed by atoms with van der Waals surface area (Å²) in [4.78, 5) is 49.2. The second-order valence-corrected chi connectivity index (χ2v) is 7.10. The third kappa shape index (κ3) is 3.84. The molecule has 0 amide bonds. The van der Waals surface area contributed by atoms with Crippen molar-refractivity contribution in [3.05, 3.63) is 41.0 Å². The van der Waals surface area contributed by atoms with Crippen LogP contribution in [0.15, 0.2) is 29.8 Å². The summed E-state index contributed by atoms with van der Waals surface area (Å²) < 4.78 is 4.58. The maximum absolute atomic E-state index is 12.8. The van der Waals surface area contributed by atoms with Gasteiger partial charge in [-0.15, -0.1) is 0 Å². The van der Waals surface area contributed by atoms with Gasteiger partial charge in [0.2, 0.25) is 0 Å². The van der Waals surface area contributed by atoms with Crippen LogP contribution in [0, 0.1) is 11.8 Å². The minimum atomic E-state index is -0.472. The van der Waals surface area contributed by atoms with E-state index in [9.17, 15) is 19.2 Å². The normalized spacial score (nSPS) is 24.0. The van der Waals surface area contributed by atoms with Gasteiger partial charge >= 0.3 is 5.97 Å². The van der Waals surface area contributed by atoms with Gasteiger partial charge in [-0.3, -0.25) is 19.2 Å². The summed E-state index contributed by atoms with van der Waals surface area (Å²) in [5, 5.41) is 0. The zero-order chi connectivity index (χ0) is 19.6. The monoisotopic (exact) mass is 369 g/mol. The van der Waals surface area contributed by atoms with E-state index in [0.717, 1.165) is 5.56 Å². The van der Waals surface area contributed by atoms with Crippen LogP contribution in [0.4, 0.5) is 5.69 Å². The highest BCUT2D eigenvalue weighted by atomic mass is 16.5. The first-order chi connectivity index (χ1) is 12.9. The summed E-state index contributed by atoms with van der Waals surface area (Å²) in [7, 11) is 1.31. The van der Waals surface area contributed by atoms with E-state index in [0.29, 0.717) is 36.1 Å². The molecule has 2 atom stereocenters. The van der Waals surface area contributed by atoms with Gasteiger partial charge in [-0.25, -0.2) is 0 Å². The first-order valence-electron chi connectivity index (χ1n) is 9.15. The number of nitrogen functional groups attached to an aromatic ring is 1. The molecule has 2 unspecified atom stereocenters. The molecule has 6 nitrogen and oxygen atoms in total. The van der Waals surface area contributed by atoms with Crippen LogP contribution in [0.5, 0.6) is 0 Å².